The van der Waals surface area contributed by atoms with Gasteiger partial charge in [0.15, 0.2) is 5.82 Å². The van der Waals surface area contributed by atoms with Gasteiger partial charge < -0.3 is 30.2 Å². The first-order valence-corrected chi connectivity index (χ1v) is 11.8. The van der Waals surface area contributed by atoms with Crippen LogP contribution in [0.15, 0.2) is 48.7 Å². The topological polar surface area (TPSA) is 97.4 Å². The molecule has 194 valence electrons. The second-order valence-corrected chi connectivity index (χ2v) is 8.92. The number of nitrogen functional groups attached to an aromatic ring is 1. The Bertz CT molecular complexity index is 1410. The van der Waals surface area contributed by atoms with Gasteiger partial charge >= 0.3 is 6.18 Å². The molecule has 0 bridgehead atoms. The van der Waals surface area contributed by atoms with Gasteiger partial charge in [-0.2, -0.15) is 13.2 Å². The van der Waals surface area contributed by atoms with Gasteiger partial charge in [0.1, 0.15) is 18.0 Å². The van der Waals surface area contributed by atoms with E-state index in [1.165, 1.54) is 12.3 Å². The highest BCUT2D eigenvalue weighted by Gasteiger charge is 2.31. The largest absolute Gasteiger partial charge is 0.494 e. The standard InChI is InChI=1S/C25H27F3N8O/c1-34-9-11-35(12-10-34)21-14-22(37-2)19(13-16(21)29)33-24-30-8-7-18(32-24)23-31-17-5-3-4-6-20(17)36(23)15-25(26,27)28/h3-8,13-14H,9-12,15,29H2,1-2H3,(H,30,32,33). The minimum atomic E-state index is -4.43. The first-order valence-electron chi connectivity index (χ1n) is 11.8. The number of piperazine rings is 1. The molecule has 1 aliphatic rings. The molecule has 0 atom stereocenters. The van der Waals surface area contributed by atoms with Crippen LogP contribution in [0, 0.1) is 0 Å². The number of nitrogens with zero attached hydrogens (tertiary/aromatic N) is 6. The SMILES string of the molecule is COc1cc(N2CCN(C)CC2)c(N)cc1Nc1nccc(-c2nc3ccccc3n2CC(F)(F)F)n1. The number of fused-ring (bicyclic) bond motifs is 1. The summed E-state index contributed by atoms with van der Waals surface area (Å²) in [6, 6.07) is 11.8. The van der Waals surface area contributed by atoms with E-state index in [0.29, 0.717) is 28.2 Å². The minimum Gasteiger partial charge on any atom is -0.494 e. The molecule has 0 aliphatic carbocycles. The van der Waals surface area contributed by atoms with Crippen LogP contribution < -0.4 is 20.7 Å². The van der Waals surface area contributed by atoms with Gasteiger partial charge in [-0.15, -0.1) is 0 Å². The van der Waals surface area contributed by atoms with Gasteiger partial charge in [-0.1, -0.05) is 12.1 Å². The Morgan fingerprint density at radius 1 is 1.05 bits per heavy atom. The van der Waals surface area contributed by atoms with Crippen LogP contribution in [-0.4, -0.2) is 70.9 Å². The summed E-state index contributed by atoms with van der Waals surface area (Å²) in [6.07, 6.45) is -2.96. The second-order valence-electron chi connectivity index (χ2n) is 8.92. The first kappa shape index (κ1) is 24.6. The highest BCUT2D eigenvalue weighted by molar-refractivity contribution is 5.81. The van der Waals surface area contributed by atoms with Crippen molar-refractivity contribution in [3.63, 3.8) is 0 Å². The summed E-state index contributed by atoms with van der Waals surface area (Å²) in [5, 5.41) is 3.10. The van der Waals surface area contributed by atoms with Crippen LogP contribution in [0.4, 0.5) is 36.2 Å². The summed E-state index contributed by atoms with van der Waals surface area (Å²) >= 11 is 0. The van der Waals surface area contributed by atoms with Crippen LogP contribution in [0.2, 0.25) is 0 Å². The number of benzene rings is 2. The van der Waals surface area contributed by atoms with Gasteiger partial charge in [-0.25, -0.2) is 15.0 Å². The van der Waals surface area contributed by atoms with E-state index < -0.39 is 12.7 Å². The van der Waals surface area contributed by atoms with Crippen LogP contribution in [0.1, 0.15) is 0 Å². The smallest absolute Gasteiger partial charge is 0.406 e. The Balaban J connectivity index is 1.47. The van der Waals surface area contributed by atoms with Crippen molar-refractivity contribution in [3.05, 3.63) is 48.7 Å². The molecule has 0 spiro atoms. The van der Waals surface area contributed by atoms with E-state index in [0.717, 1.165) is 36.4 Å². The number of methoxy groups -OCH3 is 1. The van der Waals surface area contributed by atoms with E-state index in [1.54, 1.807) is 37.4 Å². The lowest BCUT2D eigenvalue weighted by Gasteiger charge is -2.35. The van der Waals surface area contributed by atoms with Crippen molar-refractivity contribution < 1.29 is 17.9 Å². The molecule has 1 aliphatic heterocycles. The van der Waals surface area contributed by atoms with Crippen molar-refractivity contribution in [1.29, 1.82) is 0 Å². The van der Waals surface area contributed by atoms with Crippen LogP contribution in [0.3, 0.4) is 0 Å². The van der Waals surface area contributed by atoms with Crippen LogP contribution in [0.25, 0.3) is 22.6 Å². The molecule has 5 rings (SSSR count). The molecule has 1 fully saturated rings. The predicted molar refractivity (Wildman–Crippen MR) is 137 cm³/mol. The Morgan fingerprint density at radius 3 is 2.54 bits per heavy atom. The van der Waals surface area contributed by atoms with Gasteiger partial charge in [0.2, 0.25) is 5.95 Å². The number of nitrogens with two attached hydrogens (primary N) is 1. The lowest BCUT2D eigenvalue weighted by molar-refractivity contribution is -0.139. The summed E-state index contributed by atoms with van der Waals surface area (Å²) in [4.78, 5) is 17.6. The average Bonchev–Trinajstić information content (AvgIpc) is 3.22. The van der Waals surface area contributed by atoms with Gasteiger partial charge in [0.25, 0.3) is 0 Å². The quantitative estimate of drug-likeness (QED) is 0.372. The van der Waals surface area contributed by atoms with Crippen molar-refractivity contribution in [2.24, 2.45) is 0 Å². The molecule has 0 amide bonds. The molecule has 4 aromatic rings. The molecular formula is C25H27F3N8O. The Kier molecular flexibility index (Phi) is 6.50. The number of rotatable bonds is 6. The average molecular weight is 513 g/mol. The highest BCUT2D eigenvalue weighted by atomic mass is 19.4. The highest BCUT2D eigenvalue weighted by Crippen LogP contribution is 2.37. The van der Waals surface area contributed by atoms with Crippen molar-refractivity contribution >= 4 is 34.0 Å². The van der Waals surface area contributed by atoms with E-state index in [9.17, 15) is 13.2 Å². The third-order valence-corrected chi connectivity index (χ3v) is 6.32. The summed E-state index contributed by atoms with van der Waals surface area (Å²) in [6.45, 7) is 2.37. The summed E-state index contributed by atoms with van der Waals surface area (Å²) < 4.78 is 46.9. The number of likely N-dealkylation sites (N-methyl/N-ethyl adjacent to an activating group) is 1. The molecule has 3 heterocycles. The van der Waals surface area contributed by atoms with E-state index in [2.05, 4.69) is 37.1 Å². The van der Waals surface area contributed by atoms with E-state index in [1.807, 2.05) is 6.07 Å². The molecule has 9 nitrogen and oxygen atoms in total. The van der Waals surface area contributed by atoms with Crippen molar-refractivity contribution in [3.8, 4) is 17.3 Å². The zero-order valence-electron chi connectivity index (χ0n) is 20.5. The number of halogens is 3. The molecule has 3 N–H and O–H groups in total. The summed E-state index contributed by atoms with van der Waals surface area (Å²) in [5.41, 5.74) is 9.45. The molecule has 12 heteroatoms. The lowest BCUT2D eigenvalue weighted by atomic mass is 10.2. The van der Waals surface area contributed by atoms with Gasteiger partial charge in [-0.3, -0.25) is 0 Å². The van der Waals surface area contributed by atoms with Crippen LogP contribution >= 0.6 is 0 Å². The van der Waals surface area contributed by atoms with Gasteiger partial charge in [-0.05, 0) is 31.3 Å². The molecule has 0 radical (unpaired) electrons. The first-order chi connectivity index (χ1) is 17.7. The fourth-order valence-corrected chi connectivity index (χ4v) is 4.45. The number of anilines is 4. The maximum absolute atomic E-state index is 13.4. The molecular weight excluding hydrogens is 485 g/mol. The maximum Gasteiger partial charge on any atom is 0.406 e. The van der Waals surface area contributed by atoms with Crippen LogP contribution in [-0.2, 0) is 6.54 Å². The normalized spacial score (nSPS) is 14.8. The molecule has 2 aromatic heterocycles. The number of hydrogen-bond donors (Lipinski definition) is 2. The van der Waals surface area contributed by atoms with E-state index in [4.69, 9.17) is 10.5 Å². The Morgan fingerprint density at radius 2 is 1.81 bits per heavy atom. The lowest BCUT2D eigenvalue weighted by Crippen LogP contribution is -2.44. The van der Waals surface area contributed by atoms with E-state index in [-0.39, 0.29) is 17.5 Å². The number of para-hydroxylation sites is 2. The van der Waals surface area contributed by atoms with Crippen molar-refractivity contribution in [2.75, 3.05) is 56.3 Å². The van der Waals surface area contributed by atoms with E-state index >= 15 is 0 Å². The maximum atomic E-state index is 13.4. The molecule has 1 saturated heterocycles. The van der Waals surface area contributed by atoms with Crippen molar-refractivity contribution in [1.82, 2.24) is 24.4 Å². The fourth-order valence-electron chi connectivity index (χ4n) is 4.45. The number of imidazole rings is 1. The number of hydrogen-bond acceptors (Lipinski definition) is 8. The van der Waals surface area contributed by atoms with Crippen LogP contribution in [0.5, 0.6) is 5.75 Å². The van der Waals surface area contributed by atoms with Gasteiger partial charge in [0, 0.05) is 38.4 Å². The number of alkyl halides is 3. The zero-order chi connectivity index (χ0) is 26.2. The summed E-state index contributed by atoms with van der Waals surface area (Å²) in [5.74, 6) is 0.815. The molecule has 0 unspecified atom stereocenters. The number of ether oxygens (including phenoxy) is 1. The molecule has 37 heavy (non-hydrogen) atoms. The number of nitrogens with one attached hydrogen (secondary N) is 1. The monoisotopic (exact) mass is 512 g/mol. The number of aromatic nitrogens is 4. The molecule has 2 aromatic carbocycles. The van der Waals surface area contributed by atoms with Crippen molar-refractivity contribution in [2.45, 2.75) is 12.7 Å². The molecule has 0 saturated carbocycles. The zero-order valence-corrected chi connectivity index (χ0v) is 20.5. The Hall–Kier alpha value is -4.06. The fraction of sp³-hybridized carbons (Fsp3) is 0.320. The third kappa shape index (κ3) is 5.24. The third-order valence-electron chi connectivity index (χ3n) is 6.32. The second kappa shape index (κ2) is 9.77. The van der Waals surface area contributed by atoms with Gasteiger partial charge in [0.05, 0.1) is 35.2 Å². The Labute approximate surface area is 211 Å². The minimum absolute atomic E-state index is 0.0980. The summed E-state index contributed by atoms with van der Waals surface area (Å²) in [7, 11) is 3.64. The predicted octanol–water partition coefficient (Wildman–Crippen LogP) is 4.14.